The maximum atomic E-state index is 10.5. The minimum Gasteiger partial charge on any atom is -0.481 e. The van der Waals surface area contributed by atoms with Gasteiger partial charge in [0.1, 0.15) is 0 Å². The van der Waals surface area contributed by atoms with E-state index in [9.17, 15) is 4.79 Å². The number of methoxy groups -OCH3 is 1. The van der Waals surface area contributed by atoms with Crippen LogP contribution in [0.3, 0.4) is 0 Å². The fourth-order valence-corrected chi connectivity index (χ4v) is 2.00. The highest BCUT2D eigenvalue weighted by Gasteiger charge is 2.13. The van der Waals surface area contributed by atoms with Gasteiger partial charge in [0.05, 0.1) is 18.2 Å². The molecule has 90 valence electrons. The van der Waals surface area contributed by atoms with Crippen molar-refractivity contribution in [1.82, 2.24) is 4.98 Å². The predicted molar refractivity (Wildman–Crippen MR) is 63.1 cm³/mol. The van der Waals surface area contributed by atoms with Crippen molar-refractivity contribution in [3.05, 3.63) is 10.6 Å². The van der Waals surface area contributed by atoms with E-state index in [-0.39, 0.29) is 12.5 Å². The van der Waals surface area contributed by atoms with E-state index < -0.39 is 5.97 Å². The zero-order valence-electron chi connectivity index (χ0n) is 9.61. The van der Waals surface area contributed by atoms with Crippen LogP contribution in [-0.4, -0.2) is 35.8 Å². The number of nitrogens with one attached hydrogen (secondary N) is 1. The second kappa shape index (κ2) is 5.81. The van der Waals surface area contributed by atoms with E-state index in [1.807, 2.05) is 13.8 Å². The van der Waals surface area contributed by atoms with Gasteiger partial charge in [0.25, 0.3) is 0 Å². The number of nitrogens with zero attached hydrogens (tertiary/aromatic N) is 1. The summed E-state index contributed by atoms with van der Waals surface area (Å²) in [6, 6.07) is 0. The number of aliphatic carboxylic acids is 1. The smallest absolute Gasteiger partial charge is 0.306 e. The Morgan fingerprint density at radius 2 is 2.31 bits per heavy atom. The molecule has 1 aromatic rings. The highest BCUT2D eigenvalue weighted by molar-refractivity contribution is 7.15. The molecule has 0 aliphatic heterocycles. The third kappa shape index (κ3) is 3.79. The predicted octanol–water partition coefficient (Wildman–Crippen LogP) is 1.66. The summed E-state index contributed by atoms with van der Waals surface area (Å²) in [5, 5.41) is 12.5. The number of carboxylic acid groups (broad SMARTS) is 1. The van der Waals surface area contributed by atoms with Crippen molar-refractivity contribution in [3.8, 4) is 0 Å². The molecular weight excluding hydrogens is 228 g/mol. The second-order valence-electron chi connectivity index (χ2n) is 3.50. The molecule has 0 aliphatic carbocycles. The average Bonchev–Trinajstić information content (AvgIpc) is 2.53. The van der Waals surface area contributed by atoms with Crippen LogP contribution in [0.2, 0.25) is 0 Å². The molecule has 1 unspecified atom stereocenters. The van der Waals surface area contributed by atoms with Gasteiger partial charge in [-0.05, 0) is 13.8 Å². The Morgan fingerprint density at radius 3 is 2.75 bits per heavy atom. The van der Waals surface area contributed by atoms with Crippen molar-refractivity contribution in [3.63, 3.8) is 0 Å². The van der Waals surface area contributed by atoms with Gasteiger partial charge in [-0.25, -0.2) is 4.98 Å². The van der Waals surface area contributed by atoms with Gasteiger partial charge >= 0.3 is 5.97 Å². The van der Waals surface area contributed by atoms with Crippen LogP contribution in [0.1, 0.15) is 17.0 Å². The molecule has 0 spiro atoms. The Labute approximate surface area is 98.5 Å². The normalized spacial score (nSPS) is 12.4. The largest absolute Gasteiger partial charge is 0.481 e. The number of thiazole rings is 1. The number of hydrogen-bond donors (Lipinski definition) is 2. The standard InChI is InChI=1S/C10H16N2O3S/c1-6-7(2)16-10(12-6)11-5-8(15-3)4-9(13)14/h8H,4-5H2,1-3H3,(H,11,12)(H,13,14). The van der Waals surface area contributed by atoms with Gasteiger partial charge in [0.15, 0.2) is 5.13 Å². The summed E-state index contributed by atoms with van der Waals surface area (Å²) in [7, 11) is 1.51. The fourth-order valence-electron chi connectivity index (χ4n) is 1.18. The van der Waals surface area contributed by atoms with Crippen molar-refractivity contribution < 1.29 is 14.6 Å². The van der Waals surface area contributed by atoms with Crippen LogP contribution in [0.15, 0.2) is 0 Å². The van der Waals surface area contributed by atoms with Crippen molar-refractivity contribution in [2.75, 3.05) is 19.0 Å². The molecular formula is C10H16N2O3S. The molecule has 0 radical (unpaired) electrons. The molecule has 0 aliphatic rings. The molecule has 16 heavy (non-hydrogen) atoms. The van der Waals surface area contributed by atoms with Crippen LogP contribution in [-0.2, 0) is 9.53 Å². The monoisotopic (exact) mass is 244 g/mol. The highest BCUT2D eigenvalue weighted by Crippen LogP contribution is 2.21. The number of rotatable bonds is 6. The molecule has 0 amide bonds. The summed E-state index contributed by atoms with van der Waals surface area (Å²) in [6.07, 6.45) is -0.339. The van der Waals surface area contributed by atoms with Crippen LogP contribution in [0.4, 0.5) is 5.13 Å². The van der Waals surface area contributed by atoms with Gasteiger partial charge < -0.3 is 15.2 Å². The van der Waals surface area contributed by atoms with Crippen molar-refractivity contribution >= 4 is 22.4 Å². The van der Waals surface area contributed by atoms with E-state index in [1.54, 1.807) is 11.3 Å². The molecule has 1 heterocycles. The highest BCUT2D eigenvalue weighted by atomic mass is 32.1. The lowest BCUT2D eigenvalue weighted by molar-refractivity contribution is -0.139. The van der Waals surface area contributed by atoms with Crippen LogP contribution < -0.4 is 5.32 Å². The van der Waals surface area contributed by atoms with E-state index >= 15 is 0 Å². The third-order valence-electron chi connectivity index (χ3n) is 2.25. The summed E-state index contributed by atoms with van der Waals surface area (Å²) in [5.74, 6) is -0.861. The molecule has 1 aromatic heterocycles. The lowest BCUT2D eigenvalue weighted by Crippen LogP contribution is -2.24. The Morgan fingerprint density at radius 1 is 1.62 bits per heavy atom. The molecule has 0 aromatic carbocycles. The summed E-state index contributed by atoms with van der Waals surface area (Å²) in [6.45, 7) is 4.40. The minimum atomic E-state index is -0.861. The second-order valence-corrected chi connectivity index (χ2v) is 4.70. The SMILES string of the molecule is COC(CNc1nc(C)c(C)s1)CC(=O)O. The molecule has 0 saturated carbocycles. The lowest BCUT2D eigenvalue weighted by Gasteiger charge is -2.12. The summed E-state index contributed by atoms with van der Waals surface area (Å²) in [5.41, 5.74) is 1.000. The Bertz CT molecular complexity index is 345. The summed E-state index contributed by atoms with van der Waals surface area (Å²) >= 11 is 1.56. The van der Waals surface area contributed by atoms with E-state index in [4.69, 9.17) is 9.84 Å². The quantitative estimate of drug-likeness (QED) is 0.796. The number of aryl methyl sites for hydroxylation is 2. The first kappa shape index (κ1) is 12.9. The zero-order chi connectivity index (χ0) is 12.1. The first-order chi connectivity index (χ1) is 7.52. The summed E-state index contributed by atoms with van der Waals surface area (Å²) < 4.78 is 5.05. The molecule has 1 rings (SSSR count). The molecule has 0 fully saturated rings. The van der Waals surface area contributed by atoms with Crippen LogP contribution in [0, 0.1) is 13.8 Å². The molecule has 1 atom stereocenters. The van der Waals surface area contributed by atoms with E-state index in [0.29, 0.717) is 6.54 Å². The Balaban J connectivity index is 2.46. The first-order valence-corrected chi connectivity index (χ1v) is 5.77. The number of carboxylic acids is 1. The van der Waals surface area contributed by atoms with Crippen LogP contribution in [0.25, 0.3) is 0 Å². The number of anilines is 1. The molecule has 0 bridgehead atoms. The maximum absolute atomic E-state index is 10.5. The fraction of sp³-hybridized carbons (Fsp3) is 0.600. The third-order valence-corrected chi connectivity index (χ3v) is 3.28. The molecule has 0 saturated heterocycles. The Hall–Kier alpha value is -1.14. The van der Waals surface area contributed by atoms with Crippen molar-refractivity contribution in [2.45, 2.75) is 26.4 Å². The number of carbonyl (C=O) groups is 1. The van der Waals surface area contributed by atoms with Gasteiger partial charge in [-0.1, -0.05) is 0 Å². The van der Waals surface area contributed by atoms with Crippen LogP contribution >= 0.6 is 11.3 Å². The summed E-state index contributed by atoms with van der Waals surface area (Å²) in [4.78, 5) is 16.0. The number of hydrogen-bond acceptors (Lipinski definition) is 5. The maximum Gasteiger partial charge on any atom is 0.306 e. The van der Waals surface area contributed by atoms with E-state index in [1.165, 1.54) is 7.11 Å². The zero-order valence-corrected chi connectivity index (χ0v) is 10.4. The topological polar surface area (TPSA) is 71.5 Å². The average molecular weight is 244 g/mol. The molecule has 5 nitrogen and oxygen atoms in total. The number of ether oxygens (including phenoxy) is 1. The van der Waals surface area contributed by atoms with E-state index in [0.717, 1.165) is 15.7 Å². The number of aromatic nitrogens is 1. The van der Waals surface area contributed by atoms with Gasteiger partial charge in [-0.2, -0.15) is 0 Å². The molecule has 2 N–H and O–H groups in total. The first-order valence-electron chi connectivity index (χ1n) is 4.95. The van der Waals surface area contributed by atoms with E-state index in [2.05, 4.69) is 10.3 Å². The van der Waals surface area contributed by atoms with Crippen LogP contribution in [0.5, 0.6) is 0 Å². The minimum absolute atomic E-state index is 0.00710. The van der Waals surface area contributed by atoms with Gasteiger partial charge in [0, 0.05) is 18.5 Å². The van der Waals surface area contributed by atoms with Gasteiger partial charge in [0.2, 0.25) is 0 Å². The van der Waals surface area contributed by atoms with Crippen molar-refractivity contribution in [1.29, 1.82) is 0 Å². The van der Waals surface area contributed by atoms with Gasteiger partial charge in [-0.3, -0.25) is 4.79 Å². The molecule has 6 heteroatoms. The lowest BCUT2D eigenvalue weighted by atomic mass is 10.2. The Kier molecular flexibility index (Phi) is 4.70. The van der Waals surface area contributed by atoms with Gasteiger partial charge in [-0.15, -0.1) is 11.3 Å². The van der Waals surface area contributed by atoms with Crippen molar-refractivity contribution in [2.24, 2.45) is 0 Å².